The molecule has 0 nitrogen and oxygen atoms in total. The third-order valence-corrected chi connectivity index (χ3v) is 4.41. The van der Waals surface area contributed by atoms with Crippen molar-refractivity contribution in [3.8, 4) is 0 Å². The molecule has 3 aromatic carbocycles. The summed E-state index contributed by atoms with van der Waals surface area (Å²) in [4.78, 5) is 1.32. The Balaban J connectivity index is 1.86. The lowest BCUT2D eigenvalue weighted by Gasteiger charge is -2.06. The van der Waals surface area contributed by atoms with E-state index in [0.717, 1.165) is 10.8 Å². The summed E-state index contributed by atoms with van der Waals surface area (Å²) in [5.74, 6) is 0.939. The van der Waals surface area contributed by atoms with Gasteiger partial charge in [0.05, 0.1) is 0 Å². The van der Waals surface area contributed by atoms with Gasteiger partial charge in [0.25, 0.3) is 0 Å². The van der Waals surface area contributed by atoms with Crippen molar-refractivity contribution in [1.29, 1.82) is 0 Å². The lowest BCUT2D eigenvalue weighted by molar-refractivity contribution is 1.40. The van der Waals surface area contributed by atoms with E-state index in [9.17, 15) is 0 Å². The molecule has 19 heavy (non-hydrogen) atoms. The maximum atomic E-state index is 6.01. The fraction of sp³-hybridized carbons (Fsp3) is 0.0588. The van der Waals surface area contributed by atoms with Crippen molar-refractivity contribution in [3.63, 3.8) is 0 Å². The molecule has 0 spiro atoms. The van der Waals surface area contributed by atoms with Crippen molar-refractivity contribution >= 4 is 34.1 Å². The lowest BCUT2D eigenvalue weighted by Crippen LogP contribution is -1.82. The van der Waals surface area contributed by atoms with Gasteiger partial charge in [0.1, 0.15) is 0 Å². The Morgan fingerprint density at radius 1 is 0.842 bits per heavy atom. The first-order chi connectivity index (χ1) is 9.33. The maximum Gasteiger partial charge on any atom is 0.0409 e. The second kappa shape index (κ2) is 5.68. The van der Waals surface area contributed by atoms with E-state index >= 15 is 0 Å². The lowest BCUT2D eigenvalue weighted by atomic mass is 10.1. The van der Waals surface area contributed by atoms with E-state index in [1.807, 2.05) is 30.0 Å². The topological polar surface area (TPSA) is 0 Å². The van der Waals surface area contributed by atoms with Gasteiger partial charge in [0, 0.05) is 15.7 Å². The van der Waals surface area contributed by atoms with Gasteiger partial charge in [-0.25, -0.2) is 0 Å². The number of thioether (sulfide) groups is 1. The Bertz CT molecular complexity index is 701. The highest BCUT2D eigenvalue weighted by atomic mass is 35.5. The zero-order valence-electron chi connectivity index (χ0n) is 10.3. The molecule has 0 heterocycles. The summed E-state index contributed by atoms with van der Waals surface area (Å²) in [6, 6.07) is 23.0. The van der Waals surface area contributed by atoms with Crippen LogP contribution in [0.5, 0.6) is 0 Å². The molecule has 0 radical (unpaired) electrons. The van der Waals surface area contributed by atoms with Gasteiger partial charge in [0.2, 0.25) is 0 Å². The fourth-order valence-electron chi connectivity index (χ4n) is 2.11. The van der Waals surface area contributed by atoms with Gasteiger partial charge in [0.15, 0.2) is 0 Å². The van der Waals surface area contributed by atoms with Gasteiger partial charge in [-0.15, -0.1) is 11.8 Å². The van der Waals surface area contributed by atoms with Crippen molar-refractivity contribution in [2.75, 3.05) is 0 Å². The first-order valence-electron chi connectivity index (χ1n) is 6.18. The highest BCUT2D eigenvalue weighted by Gasteiger charge is 2.02. The van der Waals surface area contributed by atoms with Crippen LogP contribution in [-0.4, -0.2) is 0 Å². The summed E-state index contributed by atoms with van der Waals surface area (Å²) in [6.45, 7) is 0. The quantitative estimate of drug-likeness (QED) is 0.549. The van der Waals surface area contributed by atoms with E-state index in [2.05, 4.69) is 48.5 Å². The van der Waals surface area contributed by atoms with Gasteiger partial charge >= 0.3 is 0 Å². The number of benzene rings is 3. The first kappa shape index (κ1) is 12.6. The zero-order valence-corrected chi connectivity index (χ0v) is 11.9. The number of hydrogen-bond donors (Lipinski definition) is 0. The maximum absolute atomic E-state index is 6.01. The molecule has 0 saturated carbocycles. The summed E-state index contributed by atoms with van der Waals surface area (Å²) in [7, 11) is 0. The molecule has 0 aliphatic carbocycles. The summed E-state index contributed by atoms with van der Waals surface area (Å²) >= 11 is 7.87. The van der Waals surface area contributed by atoms with Crippen molar-refractivity contribution in [3.05, 3.63) is 77.3 Å². The second-order valence-corrected chi connectivity index (χ2v) is 5.85. The van der Waals surface area contributed by atoms with E-state index in [-0.39, 0.29) is 0 Å². The molecule has 0 N–H and O–H groups in total. The first-order valence-corrected chi connectivity index (χ1v) is 7.54. The van der Waals surface area contributed by atoms with Crippen LogP contribution in [-0.2, 0) is 5.75 Å². The van der Waals surface area contributed by atoms with E-state index in [1.54, 1.807) is 0 Å². The fourth-order valence-corrected chi connectivity index (χ4v) is 3.34. The van der Waals surface area contributed by atoms with E-state index in [0.29, 0.717) is 0 Å². The average molecular weight is 285 g/mol. The molecule has 0 unspecified atom stereocenters. The van der Waals surface area contributed by atoms with Crippen LogP contribution in [0, 0.1) is 0 Å². The molecule has 0 fully saturated rings. The van der Waals surface area contributed by atoms with Crippen molar-refractivity contribution in [2.45, 2.75) is 10.6 Å². The van der Waals surface area contributed by atoms with E-state index in [1.165, 1.54) is 21.2 Å². The molecule has 0 atom stereocenters. The summed E-state index contributed by atoms with van der Waals surface area (Å²) in [5, 5.41) is 3.41. The predicted octanol–water partition coefficient (Wildman–Crippen LogP) is 5.79. The van der Waals surface area contributed by atoms with Crippen LogP contribution in [0.4, 0.5) is 0 Å². The monoisotopic (exact) mass is 284 g/mol. The average Bonchev–Trinajstić information content (AvgIpc) is 2.45. The van der Waals surface area contributed by atoms with Crippen molar-refractivity contribution < 1.29 is 0 Å². The third-order valence-electron chi connectivity index (χ3n) is 3.03. The Labute approximate surface area is 122 Å². The molecule has 94 valence electrons. The smallest absolute Gasteiger partial charge is 0.0409 e. The molecule has 0 aliphatic heterocycles. The number of rotatable bonds is 3. The van der Waals surface area contributed by atoms with Crippen LogP contribution in [0.1, 0.15) is 5.56 Å². The Hall–Kier alpha value is -1.44. The van der Waals surface area contributed by atoms with Gasteiger partial charge in [-0.2, -0.15) is 0 Å². The van der Waals surface area contributed by atoms with Crippen molar-refractivity contribution in [1.82, 2.24) is 0 Å². The molecule has 2 heteroatoms. The molecule has 0 aliphatic rings. The molecule has 0 amide bonds. The SMILES string of the molecule is Clc1cccc(CSc2cccc3ccccc23)c1. The molecule has 0 aromatic heterocycles. The van der Waals surface area contributed by atoms with Gasteiger partial charge in [-0.3, -0.25) is 0 Å². The van der Waals surface area contributed by atoms with Crippen LogP contribution < -0.4 is 0 Å². The van der Waals surface area contributed by atoms with Gasteiger partial charge in [-0.05, 0) is 34.5 Å². The number of hydrogen-bond acceptors (Lipinski definition) is 1. The minimum atomic E-state index is 0.802. The molecule has 3 rings (SSSR count). The number of halogens is 1. The molecular weight excluding hydrogens is 272 g/mol. The standard InChI is InChI=1S/C17H13ClS/c18-15-8-3-5-13(11-15)12-19-17-10-4-7-14-6-1-2-9-16(14)17/h1-11H,12H2. The van der Waals surface area contributed by atoms with Crippen molar-refractivity contribution in [2.24, 2.45) is 0 Å². The minimum Gasteiger partial charge on any atom is -0.121 e. The Morgan fingerprint density at radius 3 is 2.53 bits per heavy atom. The summed E-state index contributed by atoms with van der Waals surface area (Å²) in [6.07, 6.45) is 0. The summed E-state index contributed by atoms with van der Waals surface area (Å²) in [5.41, 5.74) is 1.26. The predicted molar refractivity (Wildman–Crippen MR) is 85.0 cm³/mol. The Morgan fingerprint density at radius 2 is 1.63 bits per heavy atom. The van der Waals surface area contributed by atoms with E-state index < -0.39 is 0 Å². The van der Waals surface area contributed by atoms with Gasteiger partial charge < -0.3 is 0 Å². The van der Waals surface area contributed by atoms with Crippen LogP contribution in [0.15, 0.2) is 71.6 Å². The minimum absolute atomic E-state index is 0.802. The second-order valence-electron chi connectivity index (χ2n) is 4.40. The van der Waals surface area contributed by atoms with Crippen LogP contribution in [0.25, 0.3) is 10.8 Å². The molecular formula is C17H13ClS. The normalized spacial score (nSPS) is 10.8. The molecule has 0 saturated heterocycles. The number of fused-ring (bicyclic) bond motifs is 1. The zero-order chi connectivity index (χ0) is 13.1. The third kappa shape index (κ3) is 2.94. The van der Waals surface area contributed by atoms with Gasteiger partial charge in [-0.1, -0.05) is 60.1 Å². The molecule has 0 bridgehead atoms. The Kier molecular flexibility index (Phi) is 3.77. The largest absolute Gasteiger partial charge is 0.121 e. The highest BCUT2D eigenvalue weighted by Crippen LogP contribution is 2.30. The summed E-state index contributed by atoms with van der Waals surface area (Å²) < 4.78 is 0. The van der Waals surface area contributed by atoms with Crippen LogP contribution in [0.3, 0.4) is 0 Å². The van der Waals surface area contributed by atoms with Crippen LogP contribution in [0.2, 0.25) is 5.02 Å². The molecule has 3 aromatic rings. The highest BCUT2D eigenvalue weighted by molar-refractivity contribution is 7.98. The van der Waals surface area contributed by atoms with Crippen LogP contribution >= 0.6 is 23.4 Å². The van der Waals surface area contributed by atoms with E-state index in [4.69, 9.17) is 11.6 Å².